The Labute approximate surface area is 120 Å². The maximum absolute atomic E-state index is 5.86. The molecule has 1 aromatic carbocycles. The van der Waals surface area contributed by atoms with Crippen LogP contribution in [0.25, 0.3) is 10.9 Å². The van der Waals surface area contributed by atoms with Crippen LogP contribution in [0.1, 0.15) is 0 Å². The Morgan fingerprint density at radius 3 is 2.65 bits per heavy atom. The number of hydrogen-bond acceptors (Lipinski definition) is 6. The molecule has 2 heterocycles. The van der Waals surface area contributed by atoms with Gasteiger partial charge in [0.05, 0.1) is 11.2 Å². The molecule has 0 atom stereocenters. The predicted octanol–water partition coefficient (Wildman–Crippen LogP) is 2.86. The first-order chi connectivity index (χ1) is 9.76. The van der Waals surface area contributed by atoms with Crippen LogP contribution in [0.4, 0.5) is 17.6 Å². The minimum absolute atomic E-state index is 0.125. The third-order valence-electron chi connectivity index (χ3n) is 2.71. The first-order valence-electron chi connectivity index (χ1n) is 5.96. The van der Waals surface area contributed by atoms with E-state index < -0.39 is 0 Å². The van der Waals surface area contributed by atoms with Crippen LogP contribution in [0.15, 0.2) is 36.5 Å². The van der Waals surface area contributed by atoms with E-state index in [1.165, 1.54) is 0 Å². The Morgan fingerprint density at radius 2 is 1.80 bits per heavy atom. The molecule has 100 valence electrons. The van der Waals surface area contributed by atoms with E-state index >= 15 is 0 Å². The number of halogens is 1. The summed E-state index contributed by atoms with van der Waals surface area (Å²) in [5, 5.41) is 7.10. The molecule has 0 amide bonds. The smallest absolute Gasteiger partial charge is 0.233 e. The molecule has 0 saturated heterocycles. The molecule has 0 spiro atoms. The van der Waals surface area contributed by atoms with Gasteiger partial charge in [-0.3, -0.25) is 4.98 Å². The van der Waals surface area contributed by atoms with Crippen LogP contribution in [0, 0.1) is 0 Å². The fourth-order valence-corrected chi connectivity index (χ4v) is 2.00. The van der Waals surface area contributed by atoms with Crippen LogP contribution in [-0.4, -0.2) is 27.0 Å². The van der Waals surface area contributed by atoms with E-state index in [0.717, 1.165) is 16.6 Å². The van der Waals surface area contributed by atoms with E-state index in [1.807, 2.05) is 30.3 Å². The molecule has 0 fully saturated rings. The number of nitrogens with zero attached hydrogens (tertiary/aromatic N) is 4. The first-order valence-corrected chi connectivity index (χ1v) is 6.34. The van der Waals surface area contributed by atoms with Gasteiger partial charge in [-0.1, -0.05) is 18.2 Å². The Hall–Kier alpha value is -2.47. The number of benzene rings is 1. The molecule has 6 nitrogen and oxygen atoms in total. The third-order valence-corrected chi connectivity index (χ3v) is 2.88. The molecule has 2 N–H and O–H groups in total. The van der Waals surface area contributed by atoms with E-state index in [0.29, 0.717) is 11.9 Å². The fourth-order valence-electron chi connectivity index (χ4n) is 1.84. The normalized spacial score (nSPS) is 10.5. The maximum atomic E-state index is 5.86. The Balaban J connectivity index is 2.03. The third kappa shape index (κ3) is 2.46. The van der Waals surface area contributed by atoms with Crippen LogP contribution >= 0.6 is 11.6 Å². The Bertz CT molecular complexity index is 755. The average molecular weight is 287 g/mol. The van der Waals surface area contributed by atoms with Crippen LogP contribution in [0.3, 0.4) is 0 Å². The lowest BCUT2D eigenvalue weighted by atomic mass is 10.2. The Kier molecular flexibility index (Phi) is 3.30. The van der Waals surface area contributed by atoms with Crippen LogP contribution < -0.4 is 10.6 Å². The van der Waals surface area contributed by atoms with Crippen molar-refractivity contribution in [1.29, 1.82) is 0 Å². The van der Waals surface area contributed by atoms with E-state index in [2.05, 4.69) is 30.6 Å². The van der Waals surface area contributed by atoms with Crippen LogP contribution in [0.5, 0.6) is 0 Å². The van der Waals surface area contributed by atoms with E-state index in [4.69, 9.17) is 11.6 Å². The topological polar surface area (TPSA) is 75.6 Å². The van der Waals surface area contributed by atoms with Crippen molar-refractivity contribution >= 4 is 40.1 Å². The number of pyridine rings is 1. The molecule has 0 aliphatic carbocycles. The van der Waals surface area contributed by atoms with Crippen molar-refractivity contribution in [2.24, 2.45) is 0 Å². The average Bonchev–Trinajstić information content (AvgIpc) is 2.47. The molecule has 0 radical (unpaired) electrons. The highest BCUT2D eigenvalue weighted by molar-refractivity contribution is 6.28. The first kappa shape index (κ1) is 12.6. The standard InChI is InChI=1S/C13H11ClN6/c1-15-12-18-11(14)19-13(20-12)17-9-6-2-4-8-5-3-7-16-10(8)9/h2-7H,1H3,(H2,15,17,18,19,20). The lowest BCUT2D eigenvalue weighted by Gasteiger charge is -2.08. The van der Waals surface area contributed by atoms with Gasteiger partial charge in [-0.2, -0.15) is 15.0 Å². The van der Waals surface area contributed by atoms with Gasteiger partial charge >= 0.3 is 0 Å². The van der Waals surface area contributed by atoms with Crippen molar-refractivity contribution in [3.05, 3.63) is 41.8 Å². The minimum Gasteiger partial charge on any atom is -0.357 e. The molecule has 0 unspecified atom stereocenters. The van der Waals surface area contributed by atoms with Gasteiger partial charge in [0.1, 0.15) is 0 Å². The highest BCUT2D eigenvalue weighted by Crippen LogP contribution is 2.23. The summed E-state index contributed by atoms with van der Waals surface area (Å²) >= 11 is 5.86. The lowest BCUT2D eigenvalue weighted by Crippen LogP contribution is -2.04. The molecule has 3 aromatic rings. The summed E-state index contributed by atoms with van der Waals surface area (Å²) in [6.07, 6.45) is 1.74. The maximum Gasteiger partial charge on any atom is 0.233 e. The Morgan fingerprint density at radius 1 is 1.00 bits per heavy atom. The summed E-state index contributed by atoms with van der Waals surface area (Å²) in [6.45, 7) is 0. The molecule has 20 heavy (non-hydrogen) atoms. The molecule has 0 bridgehead atoms. The minimum atomic E-state index is 0.125. The van der Waals surface area contributed by atoms with Gasteiger partial charge in [-0.05, 0) is 23.7 Å². The summed E-state index contributed by atoms with van der Waals surface area (Å²) in [7, 11) is 1.72. The molecular formula is C13H11ClN6. The quantitative estimate of drug-likeness (QED) is 0.771. The number of hydrogen-bond donors (Lipinski definition) is 2. The highest BCUT2D eigenvalue weighted by atomic mass is 35.5. The van der Waals surface area contributed by atoms with Crippen molar-refractivity contribution in [3.8, 4) is 0 Å². The van der Waals surface area contributed by atoms with E-state index in [-0.39, 0.29) is 5.28 Å². The molecule has 3 rings (SSSR count). The van der Waals surface area contributed by atoms with Crippen molar-refractivity contribution < 1.29 is 0 Å². The van der Waals surface area contributed by atoms with Crippen molar-refractivity contribution in [2.75, 3.05) is 17.7 Å². The summed E-state index contributed by atoms with van der Waals surface area (Å²) in [4.78, 5) is 16.5. The number of rotatable bonds is 3. The fraction of sp³-hybridized carbons (Fsp3) is 0.0769. The van der Waals surface area contributed by atoms with Gasteiger partial charge < -0.3 is 10.6 Å². The van der Waals surface area contributed by atoms with Crippen molar-refractivity contribution in [3.63, 3.8) is 0 Å². The van der Waals surface area contributed by atoms with Gasteiger partial charge in [0, 0.05) is 18.6 Å². The number of fused-ring (bicyclic) bond motifs is 1. The highest BCUT2D eigenvalue weighted by Gasteiger charge is 2.07. The van der Waals surface area contributed by atoms with Gasteiger partial charge in [0.15, 0.2) is 0 Å². The van der Waals surface area contributed by atoms with Crippen molar-refractivity contribution in [2.45, 2.75) is 0 Å². The number of aromatic nitrogens is 4. The van der Waals surface area contributed by atoms with Gasteiger partial charge in [0.25, 0.3) is 0 Å². The largest absolute Gasteiger partial charge is 0.357 e. The summed E-state index contributed by atoms with van der Waals surface area (Å²) in [5.41, 5.74) is 1.66. The second-order valence-corrected chi connectivity index (χ2v) is 4.35. The zero-order valence-corrected chi connectivity index (χ0v) is 11.4. The zero-order valence-electron chi connectivity index (χ0n) is 10.6. The van der Waals surface area contributed by atoms with Gasteiger partial charge in [-0.15, -0.1) is 0 Å². The number of para-hydroxylation sites is 1. The molecule has 0 saturated carbocycles. The molecular weight excluding hydrogens is 276 g/mol. The van der Waals surface area contributed by atoms with Crippen LogP contribution in [-0.2, 0) is 0 Å². The predicted molar refractivity (Wildman–Crippen MR) is 79.4 cm³/mol. The molecule has 2 aromatic heterocycles. The summed E-state index contributed by atoms with van der Waals surface area (Å²) < 4.78 is 0. The van der Waals surface area contributed by atoms with Gasteiger partial charge in [0.2, 0.25) is 17.2 Å². The van der Waals surface area contributed by atoms with Crippen molar-refractivity contribution in [1.82, 2.24) is 19.9 Å². The summed E-state index contributed by atoms with van der Waals surface area (Å²) in [6, 6.07) is 9.73. The molecule has 7 heteroatoms. The van der Waals surface area contributed by atoms with Gasteiger partial charge in [-0.25, -0.2) is 0 Å². The van der Waals surface area contributed by atoms with E-state index in [1.54, 1.807) is 13.2 Å². The lowest BCUT2D eigenvalue weighted by molar-refractivity contribution is 1.05. The molecule has 0 aliphatic rings. The number of anilines is 3. The van der Waals surface area contributed by atoms with Crippen LogP contribution in [0.2, 0.25) is 5.28 Å². The second kappa shape index (κ2) is 5.26. The van der Waals surface area contributed by atoms with E-state index in [9.17, 15) is 0 Å². The second-order valence-electron chi connectivity index (χ2n) is 4.01. The SMILES string of the molecule is CNc1nc(Cl)nc(Nc2cccc3cccnc23)n1. The monoisotopic (exact) mass is 286 g/mol. The molecule has 0 aliphatic heterocycles. The summed E-state index contributed by atoms with van der Waals surface area (Å²) in [5.74, 6) is 0.771. The zero-order chi connectivity index (χ0) is 13.9. The number of nitrogens with one attached hydrogen (secondary N) is 2.